The molecule has 10 nitrogen and oxygen atoms in total. The zero-order chi connectivity index (χ0) is 39.9. The Bertz CT molecular complexity index is 1960. The fourth-order valence-electron chi connectivity index (χ4n) is 5.33. The van der Waals surface area contributed by atoms with E-state index in [2.05, 4.69) is 17.2 Å². The molecule has 280 valence electrons. The second-order valence-electron chi connectivity index (χ2n) is 11.7. The molecule has 0 radical (unpaired) electrons. The van der Waals surface area contributed by atoms with Crippen LogP contribution in [0.1, 0.15) is 52.1 Å². The van der Waals surface area contributed by atoms with Gasteiger partial charge in [0.2, 0.25) is 11.3 Å². The van der Waals surface area contributed by atoms with Crippen molar-refractivity contribution in [2.45, 2.75) is 44.1 Å². The van der Waals surface area contributed by atoms with Crippen LogP contribution in [0.4, 0.5) is 32.0 Å². The maximum atomic E-state index is 14.7. The zero-order valence-corrected chi connectivity index (χ0v) is 28.3. The number of aromatic carboxylic acids is 1. The standard InChI is InChI=1S/C37H33F6N3O7/c1-20-5-12-25(13-6-20)45-30(47)18-10-23-8-14-26(15-9-23)46-31(48)22(3)27(33(50)51)16-7-21(2)35(36(38,39)40,37(41,42)43)24-11-17-28(32(49)44-4)29(19-24)34(52)53/h5-12,14-19,25H,3,13H2,1-2,4H3,(H,44,49)(H,45,47)(H,46,48)(H,50,51)(H,52,53)/b18-10+,21-7+,27-16+. The summed E-state index contributed by atoms with van der Waals surface area (Å²) < 4.78 is 88.0. The molecule has 0 saturated carbocycles. The van der Waals surface area contributed by atoms with Crippen LogP contribution in [0.3, 0.4) is 0 Å². The molecule has 0 bridgehead atoms. The molecule has 2 aromatic carbocycles. The number of halogens is 6. The predicted octanol–water partition coefficient (Wildman–Crippen LogP) is 6.66. The minimum Gasteiger partial charge on any atom is -0.478 e. The van der Waals surface area contributed by atoms with E-state index in [1.807, 2.05) is 30.5 Å². The highest BCUT2D eigenvalue weighted by Gasteiger charge is 2.72. The third kappa shape index (κ3) is 9.38. The minimum atomic E-state index is -6.18. The first-order chi connectivity index (χ1) is 24.6. The summed E-state index contributed by atoms with van der Waals surface area (Å²) in [4.78, 5) is 61.1. The third-order valence-corrected chi connectivity index (χ3v) is 8.13. The van der Waals surface area contributed by atoms with Crippen molar-refractivity contribution in [1.29, 1.82) is 0 Å². The topological polar surface area (TPSA) is 162 Å². The number of rotatable bonds is 12. The highest BCUT2D eigenvalue weighted by molar-refractivity contribution is 6.13. The van der Waals surface area contributed by atoms with Gasteiger partial charge >= 0.3 is 24.3 Å². The largest absolute Gasteiger partial charge is 0.478 e. The van der Waals surface area contributed by atoms with E-state index in [9.17, 15) is 60.5 Å². The van der Waals surface area contributed by atoms with Gasteiger partial charge in [0.15, 0.2) is 0 Å². The number of amides is 3. The number of alkyl halides is 6. The smallest absolute Gasteiger partial charge is 0.410 e. The number of carbonyl (C=O) groups is 5. The minimum absolute atomic E-state index is 0.0723. The highest BCUT2D eigenvalue weighted by Crippen LogP contribution is 2.56. The molecule has 0 fully saturated rings. The van der Waals surface area contributed by atoms with Gasteiger partial charge in [-0.1, -0.05) is 54.7 Å². The van der Waals surface area contributed by atoms with Crippen LogP contribution < -0.4 is 16.0 Å². The zero-order valence-electron chi connectivity index (χ0n) is 28.3. The van der Waals surface area contributed by atoms with Gasteiger partial charge in [0, 0.05) is 24.4 Å². The van der Waals surface area contributed by atoms with E-state index in [0.717, 1.165) is 12.6 Å². The van der Waals surface area contributed by atoms with Crippen LogP contribution >= 0.6 is 0 Å². The molecular formula is C37H33F6N3O7. The maximum absolute atomic E-state index is 14.7. The molecule has 1 aliphatic carbocycles. The van der Waals surface area contributed by atoms with Crippen molar-refractivity contribution in [1.82, 2.24) is 10.6 Å². The Hall–Kier alpha value is -6.19. The van der Waals surface area contributed by atoms with Gasteiger partial charge in [-0.2, -0.15) is 26.3 Å². The molecule has 0 aliphatic heterocycles. The van der Waals surface area contributed by atoms with Crippen molar-refractivity contribution < 1.29 is 60.5 Å². The number of allylic oxidation sites excluding steroid dienone is 5. The van der Waals surface area contributed by atoms with Crippen LogP contribution in [0, 0.1) is 0 Å². The Kier molecular flexibility index (Phi) is 12.8. The lowest BCUT2D eigenvalue weighted by Crippen LogP contribution is -2.55. The molecule has 1 unspecified atom stereocenters. The number of nitrogens with one attached hydrogen (secondary N) is 3. The molecule has 0 aromatic heterocycles. The molecule has 5 N–H and O–H groups in total. The number of carboxylic acids is 2. The highest BCUT2D eigenvalue weighted by atomic mass is 19.4. The lowest BCUT2D eigenvalue weighted by atomic mass is 9.72. The molecule has 16 heteroatoms. The van der Waals surface area contributed by atoms with E-state index in [-0.39, 0.29) is 29.8 Å². The summed E-state index contributed by atoms with van der Waals surface area (Å²) in [6, 6.07) is 6.47. The Balaban J connectivity index is 1.91. The van der Waals surface area contributed by atoms with Gasteiger partial charge in [0.1, 0.15) is 0 Å². The van der Waals surface area contributed by atoms with Gasteiger partial charge in [0.05, 0.1) is 22.7 Å². The first-order valence-corrected chi connectivity index (χ1v) is 15.4. The quantitative estimate of drug-likeness (QED) is 0.0922. The molecule has 2 aromatic rings. The average Bonchev–Trinajstić information content (AvgIpc) is 3.07. The van der Waals surface area contributed by atoms with Crippen LogP contribution in [0.5, 0.6) is 0 Å². The monoisotopic (exact) mass is 745 g/mol. The van der Waals surface area contributed by atoms with Crippen molar-refractivity contribution in [2.75, 3.05) is 12.4 Å². The van der Waals surface area contributed by atoms with Crippen molar-refractivity contribution >= 4 is 41.4 Å². The van der Waals surface area contributed by atoms with Crippen molar-refractivity contribution in [2.24, 2.45) is 0 Å². The first kappa shape index (κ1) is 41.2. The Morgan fingerprint density at radius 1 is 0.906 bits per heavy atom. The summed E-state index contributed by atoms with van der Waals surface area (Å²) in [5, 5.41) is 26.4. The predicted molar refractivity (Wildman–Crippen MR) is 183 cm³/mol. The lowest BCUT2D eigenvalue weighted by molar-refractivity contribution is -0.289. The number of hydrogen-bond acceptors (Lipinski definition) is 5. The van der Waals surface area contributed by atoms with Crippen molar-refractivity contribution in [3.8, 4) is 0 Å². The molecule has 53 heavy (non-hydrogen) atoms. The average molecular weight is 746 g/mol. The molecule has 3 rings (SSSR count). The fourth-order valence-corrected chi connectivity index (χ4v) is 5.33. The summed E-state index contributed by atoms with van der Waals surface area (Å²) in [7, 11) is 1.07. The molecule has 1 aliphatic rings. The summed E-state index contributed by atoms with van der Waals surface area (Å²) >= 11 is 0. The van der Waals surface area contributed by atoms with Gasteiger partial charge < -0.3 is 26.2 Å². The molecule has 0 spiro atoms. The number of hydrogen-bond donors (Lipinski definition) is 5. The Morgan fingerprint density at radius 2 is 1.53 bits per heavy atom. The van der Waals surface area contributed by atoms with Crippen LogP contribution in [0.25, 0.3) is 6.08 Å². The van der Waals surface area contributed by atoms with E-state index < -0.39 is 74.9 Å². The summed E-state index contributed by atoms with van der Waals surface area (Å²) in [5.41, 5.74) is -10.1. The maximum Gasteiger partial charge on any atom is 0.410 e. The van der Waals surface area contributed by atoms with Gasteiger partial charge in [0.25, 0.3) is 11.8 Å². The number of carboxylic acid groups (broad SMARTS) is 2. The summed E-state index contributed by atoms with van der Waals surface area (Å²) in [6.07, 6.45) is -2.68. The van der Waals surface area contributed by atoms with Crippen LogP contribution in [0.15, 0.2) is 108 Å². The van der Waals surface area contributed by atoms with Gasteiger partial charge in [-0.25, -0.2) is 9.59 Å². The Labute approximate surface area is 299 Å². The van der Waals surface area contributed by atoms with Crippen LogP contribution in [-0.2, 0) is 19.8 Å². The number of carbonyl (C=O) groups excluding carboxylic acids is 3. The van der Waals surface area contributed by atoms with Gasteiger partial charge in [-0.15, -0.1) is 0 Å². The van der Waals surface area contributed by atoms with E-state index in [0.29, 0.717) is 37.1 Å². The number of benzene rings is 2. The fraction of sp³-hybridized carbons (Fsp3) is 0.216. The van der Waals surface area contributed by atoms with Crippen LogP contribution in [-0.4, -0.2) is 65.3 Å². The molecule has 0 saturated heterocycles. The van der Waals surface area contributed by atoms with E-state index >= 15 is 0 Å². The van der Waals surface area contributed by atoms with E-state index in [4.69, 9.17) is 0 Å². The van der Waals surface area contributed by atoms with Crippen molar-refractivity contribution in [3.63, 3.8) is 0 Å². The van der Waals surface area contributed by atoms with Gasteiger partial charge in [-0.3, -0.25) is 14.4 Å². The van der Waals surface area contributed by atoms with E-state index in [1.165, 1.54) is 36.4 Å². The second kappa shape index (κ2) is 16.4. The Morgan fingerprint density at radius 3 is 2.04 bits per heavy atom. The molecule has 0 heterocycles. The number of aliphatic carboxylic acids is 1. The van der Waals surface area contributed by atoms with Crippen molar-refractivity contribution in [3.05, 3.63) is 130 Å². The van der Waals surface area contributed by atoms with Crippen LogP contribution in [0.2, 0.25) is 0 Å². The number of anilines is 1. The SMILES string of the molecule is C=C(C(=O)Nc1ccc(/C=C/C(=O)NC2C=CC(C)=CC2)cc1)/C(=C\C=C(/C)C(c1ccc(C(=O)NC)c(C(=O)O)c1)(C(F)(F)F)C(F)(F)F)C(=O)O. The molecule has 3 amide bonds. The third-order valence-electron chi connectivity index (χ3n) is 8.13. The summed E-state index contributed by atoms with van der Waals surface area (Å²) in [5.74, 6) is -6.52. The van der Waals surface area contributed by atoms with Gasteiger partial charge in [-0.05, 0) is 73.4 Å². The lowest BCUT2D eigenvalue weighted by Gasteiger charge is -2.39. The molecule has 1 atom stereocenters. The summed E-state index contributed by atoms with van der Waals surface area (Å²) in [6.45, 7) is 5.69. The van der Waals surface area contributed by atoms with E-state index in [1.54, 1.807) is 0 Å². The normalized spacial score (nSPS) is 15.4. The first-order valence-electron chi connectivity index (χ1n) is 15.4. The molecular weight excluding hydrogens is 712 g/mol. The second-order valence-corrected chi connectivity index (χ2v) is 11.7.